The molecular weight excluding hydrogens is 1170 g/mol. The number of carbonyl (C=O) groups excluding carboxylic acids is 4. The average molecular weight is 1240 g/mol. The molecule has 25 heteroatoms. The predicted molar refractivity (Wildman–Crippen MR) is 334 cm³/mol. The Balaban J connectivity index is 0.622. The zero-order valence-electron chi connectivity index (χ0n) is 49.9. The average Bonchev–Trinajstić information content (AvgIpc) is 1.47. The Hall–Kier alpha value is -8.51. The molecule has 7 aromatic rings. The predicted octanol–water partition coefficient (Wildman–Crippen LogP) is 8.21. The molecule has 2 unspecified atom stereocenters. The molecule has 3 aromatic carbocycles. The normalized spacial score (nSPS) is 17.5. The van der Waals surface area contributed by atoms with Crippen molar-refractivity contribution in [2.75, 3.05) is 89.4 Å². The number of piperazine rings is 2. The number of methoxy groups -OCH3 is 1. The van der Waals surface area contributed by atoms with Crippen LogP contribution in [0.2, 0.25) is 10.0 Å². The monoisotopic (exact) mass is 1240 g/mol. The Bertz CT molecular complexity index is 3770. The number of hydrogen-bond donors (Lipinski definition) is 2. The number of nitrogens with zero attached hydrogens (tertiary/aromatic N) is 13. The van der Waals surface area contributed by atoms with Crippen LogP contribution in [0.1, 0.15) is 103 Å². The van der Waals surface area contributed by atoms with Crippen LogP contribution in [0.5, 0.6) is 11.5 Å². The Morgan fingerprint density at radius 3 is 2.26 bits per heavy atom. The second kappa shape index (κ2) is 27.3. The molecule has 2 N–H and O–H groups in total. The summed E-state index contributed by atoms with van der Waals surface area (Å²) in [5.41, 5.74) is 5.04. The van der Waals surface area contributed by atoms with Crippen LogP contribution >= 0.6 is 23.2 Å². The van der Waals surface area contributed by atoms with Crippen LogP contribution < -0.4 is 30.6 Å². The van der Waals surface area contributed by atoms with Gasteiger partial charge < -0.3 is 39.5 Å². The lowest BCUT2D eigenvalue weighted by molar-refractivity contribution is -0.139. The van der Waals surface area contributed by atoms with Crippen molar-refractivity contribution < 1.29 is 33.4 Å². The first-order valence-electron chi connectivity index (χ1n) is 29.8. The molecule has 2 atom stereocenters. The van der Waals surface area contributed by atoms with E-state index in [2.05, 4.69) is 40.7 Å². The van der Waals surface area contributed by atoms with Gasteiger partial charge >= 0.3 is 6.03 Å². The minimum atomic E-state index is -0.658. The number of halogens is 2. The second-order valence-corrected chi connectivity index (χ2v) is 23.6. The van der Waals surface area contributed by atoms with Gasteiger partial charge in [-0.2, -0.15) is 4.98 Å². The van der Waals surface area contributed by atoms with Crippen molar-refractivity contribution in [3.05, 3.63) is 151 Å². The quantitative estimate of drug-likeness (QED) is 0.0509. The van der Waals surface area contributed by atoms with E-state index in [1.54, 1.807) is 70.8 Å². The van der Waals surface area contributed by atoms with E-state index in [0.29, 0.717) is 81.0 Å². The van der Waals surface area contributed by atoms with Crippen LogP contribution in [-0.4, -0.2) is 169 Å². The summed E-state index contributed by atoms with van der Waals surface area (Å²) in [5, 5.41) is 16.6. The molecule has 4 aliphatic rings. The number of ketones is 1. The number of rotatable bonds is 21. The highest BCUT2D eigenvalue weighted by molar-refractivity contribution is 6.30. The van der Waals surface area contributed by atoms with Crippen LogP contribution in [0.15, 0.2) is 107 Å². The molecule has 88 heavy (non-hydrogen) atoms. The highest BCUT2D eigenvalue weighted by Gasteiger charge is 2.46. The third kappa shape index (κ3) is 13.8. The minimum Gasteiger partial charge on any atom is -0.497 e. The molecule has 3 fully saturated rings. The number of benzene rings is 3. The molecule has 1 aliphatic carbocycles. The number of fused-ring (bicyclic) bond motifs is 1. The van der Waals surface area contributed by atoms with Gasteiger partial charge in [0.2, 0.25) is 17.8 Å². The lowest BCUT2D eigenvalue weighted by Gasteiger charge is -2.38. The van der Waals surface area contributed by atoms with Crippen molar-refractivity contribution in [3.8, 4) is 11.5 Å². The van der Waals surface area contributed by atoms with E-state index in [1.165, 1.54) is 16.7 Å². The lowest BCUT2D eigenvalue weighted by atomic mass is 9.93. The molecule has 1 saturated carbocycles. The molecule has 0 bridgehead atoms. The molecular formula is C63H71Cl2N15O8. The summed E-state index contributed by atoms with van der Waals surface area (Å²) < 4.78 is 21.2. The third-order valence-corrected chi connectivity index (χ3v) is 16.9. The molecule has 7 heterocycles. The van der Waals surface area contributed by atoms with Crippen molar-refractivity contribution in [3.63, 3.8) is 0 Å². The van der Waals surface area contributed by atoms with Gasteiger partial charge in [0, 0.05) is 92.3 Å². The maximum Gasteiger partial charge on any atom is 0.326 e. The summed E-state index contributed by atoms with van der Waals surface area (Å²) in [4.78, 5) is 96.8. The van der Waals surface area contributed by atoms with E-state index in [9.17, 15) is 19.2 Å². The number of nitrogens with one attached hydrogen (secondary N) is 2. The Morgan fingerprint density at radius 1 is 0.841 bits per heavy atom. The number of aryl methyl sites for hydroxylation is 1. The molecule has 460 valence electrons. The summed E-state index contributed by atoms with van der Waals surface area (Å²) >= 11 is 12.7. The van der Waals surface area contributed by atoms with Crippen molar-refractivity contribution >= 4 is 81.2 Å². The number of pyridine rings is 2. The Morgan fingerprint density at radius 2 is 1.58 bits per heavy atom. The fourth-order valence-electron chi connectivity index (χ4n) is 11.9. The summed E-state index contributed by atoms with van der Waals surface area (Å²) in [6.07, 6.45) is 8.99. The standard InChI is InChI=1S/C63H71Cl2N15O8/c1-39(2)88-52-32-49(86-5)19-20-50(52)59-70-57(42-10-14-44(64)15-11-42)58(43-12-16-45(65)17-13-43)80(59)63(85)77-28-27-76(55(83)38-77)37-54(82)66-22-30-87-31-29-78-36-46(72-73-78)35-74-23-25-75(26-24-74)48-18-21-53(67-33-48)69-62-68-34-51-40(3)56(41(4)81)61(84)79(60(51)71-62)47-8-6-7-9-47/h10-21,32-34,36,39,47,57-58H,6-9,22-31,35,37-38H2,1-5H3,(H,66,82)(H,67,68,69,71). The molecule has 4 aromatic heterocycles. The van der Waals surface area contributed by atoms with Crippen LogP contribution in [0.3, 0.4) is 0 Å². The number of ether oxygens (including phenoxy) is 3. The lowest BCUT2D eigenvalue weighted by Crippen LogP contribution is -2.57. The first kappa shape index (κ1) is 61.1. The summed E-state index contributed by atoms with van der Waals surface area (Å²) in [6.45, 7) is 12.1. The SMILES string of the molecule is COc1ccc(C2=NC(c3ccc(Cl)cc3)C(c3ccc(Cl)cc3)N2C(=O)N2CCN(CC(=O)NCCOCCn3cc(CN4CCN(c5ccc(Nc6ncc7c(C)c(C(C)=O)c(=O)n(C8CCCC8)c7n6)nc5)CC4)nn3)C(=O)C2)c(OC(C)C)c1. The number of urea groups is 1. The van der Waals surface area contributed by atoms with E-state index in [1.807, 2.05) is 68.7 Å². The number of Topliss-reactive ketones (excluding diaryl/α,β-unsaturated/α-hetero) is 1. The fourth-order valence-corrected chi connectivity index (χ4v) is 12.2. The van der Waals surface area contributed by atoms with Gasteiger partial charge in [0.25, 0.3) is 5.56 Å². The number of anilines is 3. The van der Waals surface area contributed by atoms with Gasteiger partial charge in [-0.15, -0.1) is 5.10 Å². The van der Waals surface area contributed by atoms with Crippen molar-refractivity contribution in [1.29, 1.82) is 0 Å². The largest absolute Gasteiger partial charge is 0.497 e. The first-order chi connectivity index (χ1) is 42.6. The second-order valence-electron chi connectivity index (χ2n) is 22.7. The van der Waals surface area contributed by atoms with Crippen LogP contribution in [0.25, 0.3) is 11.0 Å². The number of hydrogen-bond acceptors (Lipinski definition) is 17. The fraction of sp³-hybridized carbons (Fsp3) is 0.413. The van der Waals surface area contributed by atoms with Gasteiger partial charge in [-0.25, -0.2) is 19.4 Å². The number of amidine groups is 1. The van der Waals surface area contributed by atoms with E-state index in [-0.39, 0.29) is 80.2 Å². The topological polar surface area (TPSA) is 240 Å². The van der Waals surface area contributed by atoms with E-state index in [0.717, 1.165) is 74.4 Å². The molecule has 2 saturated heterocycles. The smallest absolute Gasteiger partial charge is 0.326 e. The van der Waals surface area contributed by atoms with Crippen molar-refractivity contribution in [1.82, 2.24) is 59.4 Å². The molecule has 11 rings (SSSR count). The first-order valence-corrected chi connectivity index (χ1v) is 30.5. The molecule has 23 nitrogen and oxygen atoms in total. The molecule has 0 spiro atoms. The van der Waals surface area contributed by atoms with Gasteiger partial charge in [0.1, 0.15) is 41.4 Å². The summed E-state index contributed by atoms with van der Waals surface area (Å²) in [5.74, 6) is 1.32. The molecule has 4 amide bonds. The molecule has 3 aliphatic heterocycles. The number of carbonyl (C=O) groups is 4. The maximum absolute atomic E-state index is 15.1. The van der Waals surface area contributed by atoms with Gasteiger partial charge in [-0.1, -0.05) is 65.5 Å². The van der Waals surface area contributed by atoms with E-state index in [4.69, 9.17) is 47.4 Å². The van der Waals surface area contributed by atoms with Crippen molar-refractivity contribution in [2.24, 2.45) is 4.99 Å². The maximum atomic E-state index is 15.1. The Labute approximate surface area is 519 Å². The third-order valence-electron chi connectivity index (χ3n) is 16.4. The Kier molecular flexibility index (Phi) is 18.9. The highest BCUT2D eigenvalue weighted by Crippen LogP contribution is 2.46. The zero-order chi connectivity index (χ0) is 61.6. The van der Waals surface area contributed by atoms with E-state index < -0.39 is 18.1 Å². The highest BCUT2D eigenvalue weighted by atomic mass is 35.5. The van der Waals surface area contributed by atoms with Crippen molar-refractivity contribution in [2.45, 2.75) is 90.7 Å². The summed E-state index contributed by atoms with van der Waals surface area (Å²) in [6, 6.07) is 22.3. The summed E-state index contributed by atoms with van der Waals surface area (Å²) in [7, 11) is 1.57. The number of aromatic nitrogens is 7. The van der Waals surface area contributed by atoms with Crippen LogP contribution in [0.4, 0.5) is 22.2 Å². The van der Waals surface area contributed by atoms with Crippen LogP contribution in [-0.2, 0) is 27.4 Å². The van der Waals surface area contributed by atoms with Gasteiger partial charge in [0.15, 0.2) is 5.78 Å². The van der Waals surface area contributed by atoms with E-state index >= 15 is 4.79 Å². The van der Waals surface area contributed by atoms with Gasteiger partial charge in [0.05, 0.1) is 74.3 Å². The van der Waals surface area contributed by atoms with Gasteiger partial charge in [-0.05, 0) is 106 Å². The minimum absolute atomic E-state index is 0.0123. The number of aliphatic imine (C=N–C) groups is 1. The molecule has 0 radical (unpaired) electrons. The number of amides is 4. The van der Waals surface area contributed by atoms with Crippen LogP contribution in [0, 0.1) is 6.92 Å². The van der Waals surface area contributed by atoms with Gasteiger partial charge in [-0.3, -0.25) is 38.5 Å². The zero-order valence-corrected chi connectivity index (χ0v) is 51.4.